The molecule has 0 saturated heterocycles. The van der Waals surface area contributed by atoms with E-state index in [1.54, 1.807) is 13.8 Å². The van der Waals surface area contributed by atoms with E-state index < -0.39 is 21.9 Å². The molecule has 0 fully saturated rings. The van der Waals surface area contributed by atoms with Crippen molar-refractivity contribution in [2.45, 2.75) is 24.8 Å². The quantitative estimate of drug-likeness (QED) is 0.672. The third-order valence-electron chi connectivity index (χ3n) is 2.81. The van der Waals surface area contributed by atoms with Gasteiger partial charge in [0.05, 0.1) is 23.8 Å². The van der Waals surface area contributed by atoms with Gasteiger partial charge in [0.15, 0.2) is 11.6 Å². The van der Waals surface area contributed by atoms with Crippen LogP contribution in [0.4, 0.5) is 10.1 Å². The van der Waals surface area contributed by atoms with Crippen molar-refractivity contribution in [1.82, 2.24) is 4.72 Å². The minimum Gasteiger partial charge on any atom is -0.492 e. The van der Waals surface area contributed by atoms with Crippen LogP contribution in [-0.4, -0.2) is 33.3 Å². The second-order valence-corrected chi connectivity index (χ2v) is 6.46. The molecule has 0 amide bonds. The number of anilines is 1. The molecule has 6 nitrogen and oxygen atoms in total. The van der Waals surface area contributed by atoms with Crippen LogP contribution in [-0.2, 0) is 10.0 Å². The summed E-state index contributed by atoms with van der Waals surface area (Å²) in [5.41, 5.74) is 5.41. The Morgan fingerprint density at radius 1 is 1.45 bits per heavy atom. The van der Waals surface area contributed by atoms with Gasteiger partial charge in [-0.25, -0.2) is 17.5 Å². The smallest absolute Gasteiger partial charge is 0.240 e. The van der Waals surface area contributed by atoms with Crippen LogP contribution in [0.2, 0.25) is 0 Å². The summed E-state index contributed by atoms with van der Waals surface area (Å²) < 4.78 is 44.5. The Morgan fingerprint density at radius 3 is 2.50 bits per heavy atom. The lowest BCUT2D eigenvalue weighted by Gasteiger charge is -2.16. The predicted octanol–water partition coefficient (Wildman–Crippen LogP) is 0.712. The number of nitrogens with one attached hydrogen (secondary N) is 1. The summed E-state index contributed by atoms with van der Waals surface area (Å²) in [6.45, 7) is 3.35. The van der Waals surface area contributed by atoms with E-state index in [9.17, 15) is 17.9 Å². The molecule has 0 saturated carbocycles. The third-order valence-corrected chi connectivity index (χ3v) is 4.22. The van der Waals surface area contributed by atoms with Crippen LogP contribution >= 0.6 is 0 Å². The molecule has 20 heavy (non-hydrogen) atoms. The highest BCUT2D eigenvalue weighted by Crippen LogP contribution is 2.28. The SMILES string of the molecule is COc1c(N)cc(S(=O)(=O)NCC(O)C(C)C)cc1F. The summed E-state index contributed by atoms with van der Waals surface area (Å²) in [7, 11) is -2.71. The van der Waals surface area contributed by atoms with Crippen LogP contribution in [0.25, 0.3) is 0 Å². The predicted molar refractivity (Wildman–Crippen MR) is 73.4 cm³/mol. The van der Waals surface area contributed by atoms with Gasteiger partial charge in [-0.2, -0.15) is 0 Å². The van der Waals surface area contributed by atoms with Gasteiger partial charge < -0.3 is 15.6 Å². The molecule has 1 rings (SSSR count). The van der Waals surface area contributed by atoms with Gasteiger partial charge in [0.25, 0.3) is 0 Å². The van der Waals surface area contributed by atoms with Crippen molar-refractivity contribution in [1.29, 1.82) is 0 Å². The normalized spacial score (nSPS) is 13.5. The number of halogens is 1. The zero-order chi connectivity index (χ0) is 15.5. The summed E-state index contributed by atoms with van der Waals surface area (Å²) in [5.74, 6) is -1.17. The zero-order valence-corrected chi connectivity index (χ0v) is 12.4. The Bertz CT molecular complexity index is 552. The minimum atomic E-state index is -3.94. The van der Waals surface area contributed by atoms with E-state index in [2.05, 4.69) is 4.72 Å². The lowest BCUT2D eigenvalue weighted by molar-refractivity contribution is 0.129. The van der Waals surface area contributed by atoms with Crippen LogP contribution in [0, 0.1) is 11.7 Å². The van der Waals surface area contributed by atoms with Gasteiger partial charge in [0.2, 0.25) is 10.0 Å². The molecule has 0 aromatic heterocycles. The van der Waals surface area contributed by atoms with E-state index >= 15 is 0 Å². The molecule has 1 unspecified atom stereocenters. The van der Waals surface area contributed by atoms with Crippen molar-refractivity contribution in [3.05, 3.63) is 17.9 Å². The van der Waals surface area contributed by atoms with Crippen molar-refractivity contribution < 1.29 is 22.7 Å². The molecule has 1 aromatic carbocycles. The molecule has 0 aliphatic heterocycles. The summed E-state index contributed by atoms with van der Waals surface area (Å²) in [6, 6.07) is 1.92. The lowest BCUT2D eigenvalue weighted by atomic mass is 10.1. The van der Waals surface area contributed by atoms with Gasteiger partial charge in [-0.3, -0.25) is 0 Å². The Balaban J connectivity index is 2.99. The Kier molecular flexibility index (Phi) is 5.32. The molecule has 1 atom stereocenters. The Hall–Kier alpha value is -1.38. The first kappa shape index (κ1) is 16.7. The summed E-state index contributed by atoms with van der Waals surface area (Å²) in [5, 5.41) is 9.58. The van der Waals surface area contributed by atoms with Crippen molar-refractivity contribution in [2.75, 3.05) is 19.4 Å². The molecule has 0 radical (unpaired) electrons. The summed E-state index contributed by atoms with van der Waals surface area (Å²) in [4.78, 5) is -0.316. The number of nitrogen functional groups attached to an aromatic ring is 1. The molecule has 0 heterocycles. The van der Waals surface area contributed by atoms with Crippen LogP contribution < -0.4 is 15.2 Å². The van der Waals surface area contributed by atoms with Crippen molar-refractivity contribution in [3.8, 4) is 5.75 Å². The summed E-state index contributed by atoms with van der Waals surface area (Å²) in [6.07, 6.45) is -0.829. The maximum atomic E-state index is 13.6. The fraction of sp³-hybridized carbons (Fsp3) is 0.500. The van der Waals surface area contributed by atoms with Crippen molar-refractivity contribution in [2.24, 2.45) is 5.92 Å². The molecule has 4 N–H and O–H groups in total. The highest BCUT2D eigenvalue weighted by molar-refractivity contribution is 7.89. The second kappa shape index (κ2) is 6.38. The number of hydrogen-bond acceptors (Lipinski definition) is 5. The van der Waals surface area contributed by atoms with Gasteiger partial charge in [-0.1, -0.05) is 13.8 Å². The molecule has 0 bridgehead atoms. The van der Waals surface area contributed by atoms with E-state index in [1.807, 2.05) is 0 Å². The van der Waals surface area contributed by atoms with Gasteiger partial charge in [0.1, 0.15) is 0 Å². The van der Waals surface area contributed by atoms with E-state index in [0.29, 0.717) is 0 Å². The van der Waals surface area contributed by atoms with Gasteiger partial charge >= 0.3 is 0 Å². The van der Waals surface area contributed by atoms with Crippen LogP contribution in [0.3, 0.4) is 0 Å². The Morgan fingerprint density at radius 2 is 2.05 bits per heavy atom. The van der Waals surface area contributed by atoms with Crippen molar-refractivity contribution in [3.63, 3.8) is 0 Å². The maximum absolute atomic E-state index is 13.6. The molecule has 0 aliphatic carbocycles. The lowest BCUT2D eigenvalue weighted by Crippen LogP contribution is -2.34. The van der Waals surface area contributed by atoms with Crippen LogP contribution in [0.1, 0.15) is 13.8 Å². The molecular formula is C12H19FN2O4S. The number of nitrogens with two attached hydrogens (primary N) is 1. The first-order valence-corrected chi connectivity index (χ1v) is 7.48. The van der Waals surface area contributed by atoms with Crippen LogP contribution in [0.5, 0.6) is 5.75 Å². The topological polar surface area (TPSA) is 102 Å². The molecular weight excluding hydrogens is 287 g/mol. The second-order valence-electron chi connectivity index (χ2n) is 4.69. The largest absolute Gasteiger partial charge is 0.492 e. The fourth-order valence-corrected chi connectivity index (χ4v) is 2.57. The number of ether oxygens (including phenoxy) is 1. The van der Waals surface area contributed by atoms with Gasteiger partial charge in [0, 0.05) is 6.54 Å². The molecule has 8 heteroatoms. The number of rotatable bonds is 6. The minimum absolute atomic E-state index is 0.102. The average molecular weight is 306 g/mol. The van der Waals surface area contributed by atoms with Gasteiger partial charge in [-0.15, -0.1) is 0 Å². The van der Waals surface area contributed by atoms with E-state index in [4.69, 9.17) is 10.5 Å². The number of hydrogen-bond donors (Lipinski definition) is 3. The number of benzene rings is 1. The highest BCUT2D eigenvalue weighted by Gasteiger charge is 2.20. The van der Waals surface area contributed by atoms with E-state index in [0.717, 1.165) is 12.1 Å². The Labute approximate surface area is 117 Å². The monoisotopic (exact) mass is 306 g/mol. The van der Waals surface area contributed by atoms with Crippen molar-refractivity contribution >= 4 is 15.7 Å². The average Bonchev–Trinajstić information content (AvgIpc) is 2.35. The summed E-state index contributed by atoms with van der Waals surface area (Å²) >= 11 is 0. The van der Waals surface area contributed by atoms with Crippen LogP contribution in [0.15, 0.2) is 17.0 Å². The number of aliphatic hydroxyl groups is 1. The van der Waals surface area contributed by atoms with E-state index in [-0.39, 0.29) is 28.8 Å². The standard InChI is InChI=1S/C12H19FN2O4S/c1-7(2)11(16)6-15-20(17,18)8-4-9(13)12(19-3)10(14)5-8/h4-5,7,11,15-16H,6,14H2,1-3H3. The molecule has 0 spiro atoms. The molecule has 0 aliphatic rings. The van der Waals surface area contributed by atoms with E-state index in [1.165, 1.54) is 7.11 Å². The fourth-order valence-electron chi connectivity index (χ4n) is 1.47. The molecule has 1 aromatic rings. The zero-order valence-electron chi connectivity index (χ0n) is 11.6. The first-order valence-electron chi connectivity index (χ1n) is 5.99. The highest BCUT2D eigenvalue weighted by atomic mass is 32.2. The first-order chi connectivity index (χ1) is 9.19. The van der Waals surface area contributed by atoms with Gasteiger partial charge in [-0.05, 0) is 18.1 Å². The molecule has 114 valence electrons. The third kappa shape index (κ3) is 3.81. The maximum Gasteiger partial charge on any atom is 0.240 e. The number of sulfonamides is 1. The number of aliphatic hydroxyl groups excluding tert-OH is 1. The number of methoxy groups -OCH3 is 1.